The van der Waals surface area contributed by atoms with Crippen molar-refractivity contribution >= 4 is 23.5 Å². The van der Waals surface area contributed by atoms with E-state index >= 15 is 0 Å². The van der Waals surface area contributed by atoms with Crippen LogP contribution in [-0.4, -0.2) is 61.7 Å². The third-order valence-electron chi connectivity index (χ3n) is 5.50. The molecule has 2 amide bonds. The third-order valence-corrected chi connectivity index (χ3v) is 5.50. The highest BCUT2D eigenvalue weighted by atomic mass is 16.6. The number of hydrogen-bond donors (Lipinski definition) is 2. The van der Waals surface area contributed by atoms with E-state index in [0.717, 1.165) is 12.8 Å². The first-order valence-electron chi connectivity index (χ1n) is 11.0. The number of nitrogens with one attached hydrogen (secondary N) is 1. The van der Waals surface area contributed by atoms with Gasteiger partial charge in [0.2, 0.25) is 0 Å². The van der Waals surface area contributed by atoms with Crippen molar-refractivity contribution in [1.29, 1.82) is 0 Å². The van der Waals surface area contributed by atoms with Gasteiger partial charge in [-0.05, 0) is 51.7 Å². The topological polar surface area (TPSA) is 128 Å². The maximum atomic E-state index is 12.7. The van der Waals surface area contributed by atoms with Crippen LogP contribution < -0.4 is 11.1 Å². The van der Waals surface area contributed by atoms with Crippen LogP contribution in [0.25, 0.3) is 16.9 Å². The number of likely N-dealkylation sites (tertiary alicyclic amines) is 1. The molecule has 1 aliphatic heterocycles. The van der Waals surface area contributed by atoms with E-state index in [4.69, 9.17) is 10.5 Å². The van der Waals surface area contributed by atoms with Crippen LogP contribution in [0.4, 0.5) is 10.6 Å². The lowest BCUT2D eigenvalue weighted by atomic mass is 9.97. The number of nitrogens with zero attached hydrogens (tertiary/aromatic N) is 5. The number of amides is 2. The Bertz CT molecular complexity index is 1150. The van der Waals surface area contributed by atoms with Crippen LogP contribution in [0.1, 0.15) is 44.0 Å². The fourth-order valence-corrected chi connectivity index (χ4v) is 3.81. The van der Waals surface area contributed by atoms with Gasteiger partial charge in [0.05, 0.1) is 16.8 Å². The van der Waals surface area contributed by atoms with E-state index in [-0.39, 0.29) is 12.0 Å². The smallest absolute Gasteiger partial charge is 0.410 e. The number of piperidine rings is 1. The zero-order valence-electron chi connectivity index (χ0n) is 19.1. The quantitative estimate of drug-likeness (QED) is 0.624. The maximum absolute atomic E-state index is 12.7. The van der Waals surface area contributed by atoms with Crippen molar-refractivity contribution in [2.24, 2.45) is 5.92 Å². The summed E-state index contributed by atoms with van der Waals surface area (Å²) in [6.07, 6.45) is 6.14. The van der Waals surface area contributed by atoms with Crippen LogP contribution in [0.15, 0.2) is 36.8 Å². The van der Waals surface area contributed by atoms with Gasteiger partial charge in [-0.3, -0.25) is 9.78 Å². The number of rotatable bonds is 4. The van der Waals surface area contributed by atoms with E-state index in [1.54, 1.807) is 17.3 Å². The number of nitrogens with two attached hydrogens (primary N) is 1. The molecule has 33 heavy (non-hydrogen) atoms. The third kappa shape index (κ3) is 5.21. The first-order chi connectivity index (χ1) is 15.7. The highest BCUT2D eigenvalue weighted by Crippen LogP contribution is 2.27. The lowest BCUT2D eigenvalue weighted by molar-refractivity contribution is 0.0183. The Balaban J connectivity index is 1.35. The number of aromatic nitrogens is 4. The Morgan fingerprint density at radius 2 is 1.97 bits per heavy atom. The summed E-state index contributed by atoms with van der Waals surface area (Å²) in [5.41, 5.74) is 7.82. The molecule has 0 bridgehead atoms. The van der Waals surface area contributed by atoms with Crippen LogP contribution in [0.3, 0.4) is 0 Å². The molecule has 10 nitrogen and oxygen atoms in total. The summed E-state index contributed by atoms with van der Waals surface area (Å²) in [4.78, 5) is 35.4. The zero-order valence-corrected chi connectivity index (χ0v) is 19.1. The standard InChI is InChI=1S/C23H29N7O3/c1-23(2,3)33-22(32)29-10-7-15(8-11-29)12-27-21(31)16-13-26-20-18(17-6-4-5-9-25-17)19(24)28-30(20)14-16/h4-6,9,13-15H,7-8,10-12H2,1-3H3,(H2,24,28)(H,27,31). The number of carbonyl (C=O) groups excluding carboxylic acids is 2. The molecule has 0 atom stereocenters. The summed E-state index contributed by atoms with van der Waals surface area (Å²) in [5.74, 6) is 0.364. The SMILES string of the molecule is CC(C)(C)OC(=O)N1CCC(CNC(=O)c2cnc3c(-c4ccccn4)c(N)nn3c2)CC1. The molecule has 0 radical (unpaired) electrons. The number of carbonyl (C=O) groups is 2. The maximum Gasteiger partial charge on any atom is 0.410 e. The number of anilines is 1. The Labute approximate surface area is 192 Å². The van der Waals surface area contributed by atoms with E-state index in [1.807, 2.05) is 39.0 Å². The second kappa shape index (κ2) is 9.05. The van der Waals surface area contributed by atoms with E-state index in [0.29, 0.717) is 53.8 Å². The van der Waals surface area contributed by atoms with Gasteiger partial charge < -0.3 is 20.7 Å². The van der Waals surface area contributed by atoms with Gasteiger partial charge in [-0.1, -0.05) is 6.07 Å². The lowest BCUT2D eigenvalue weighted by Gasteiger charge is -2.33. The van der Waals surface area contributed by atoms with Crippen molar-refractivity contribution in [2.45, 2.75) is 39.2 Å². The Hall–Kier alpha value is -3.69. The van der Waals surface area contributed by atoms with Gasteiger partial charge in [-0.2, -0.15) is 0 Å². The minimum Gasteiger partial charge on any atom is -0.444 e. The second-order valence-corrected chi connectivity index (χ2v) is 9.21. The molecule has 0 aromatic carbocycles. The predicted octanol–water partition coefficient (Wildman–Crippen LogP) is 2.75. The van der Waals surface area contributed by atoms with Gasteiger partial charge in [0.1, 0.15) is 5.60 Å². The van der Waals surface area contributed by atoms with Crippen LogP contribution in [-0.2, 0) is 4.74 Å². The van der Waals surface area contributed by atoms with Gasteiger partial charge in [0.15, 0.2) is 11.5 Å². The summed E-state index contributed by atoms with van der Waals surface area (Å²) in [7, 11) is 0. The molecule has 0 aliphatic carbocycles. The van der Waals surface area contributed by atoms with Gasteiger partial charge in [-0.25, -0.2) is 14.3 Å². The number of ether oxygens (including phenoxy) is 1. The van der Waals surface area contributed by atoms with Crippen LogP contribution in [0, 0.1) is 5.92 Å². The highest BCUT2D eigenvalue weighted by molar-refractivity contribution is 5.94. The molecule has 0 saturated carbocycles. The molecule has 3 N–H and O–H groups in total. The molecule has 4 heterocycles. The molecule has 0 unspecified atom stereocenters. The average molecular weight is 452 g/mol. The van der Waals surface area contributed by atoms with Crippen LogP contribution >= 0.6 is 0 Å². The largest absolute Gasteiger partial charge is 0.444 e. The van der Waals surface area contributed by atoms with Gasteiger partial charge in [0, 0.05) is 38.2 Å². The molecule has 0 spiro atoms. The van der Waals surface area contributed by atoms with Gasteiger partial charge >= 0.3 is 6.09 Å². The normalized spacial score (nSPS) is 14.9. The van der Waals surface area contributed by atoms with Gasteiger partial charge in [0.25, 0.3) is 5.91 Å². The molecule has 1 fully saturated rings. The first kappa shape index (κ1) is 22.5. The van der Waals surface area contributed by atoms with Crippen molar-refractivity contribution in [3.8, 4) is 11.3 Å². The van der Waals surface area contributed by atoms with E-state index in [9.17, 15) is 9.59 Å². The highest BCUT2D eigenvalue weighted by Gasteiger charge is 2.27. The molecule has 1 aliphatic rings. The Kier molecular flexibility index (Phi) is 6.17. The number of pyridine rings is 1. The van der Waals surface area contributed by atoms with Crippen molar-refractivity contribution in [3.63, 3.8) is 0 Å². The Morgan fingerprint density at radius 3 is 2.64 bits per heavy atom. The summed E-state index contributed by atoms with van der Waals surface area (Å²) in [5, 5.41) is 7.27. The van der Waals surface area contributed by atoms with E-state index < -0.39 is 5.60 Å². The minimum absolute atomic E-state index is 0.229. The minimum atomic E-state index is -0.505. The summed E-state index contributed by atoms with van der Waals surface area (Å²) in [6.45, 7) is 7.33. The van der Waals surface area contributed by atoms with Crippen molar-refractivity contribution in [2.75, 3.05) is 25.4 Å². The summed E-state index contributed by atoms with van der Waals surface area (Å²) < 4.78 is 6.94. The van der Waals surface area contributed by atoms with E-state index in [1.165, 1.54) is 10.7 Å². The molecule has 4 rings (SSSR count). The lowest BCUT2D eigenvalue weighted by Crippen LogP contribution is -2.43. The van der Waals surface area contributed by atoms with Crippen LogP contribution in [0.2, 0.25) is 0 Å². The number of hydrogen-bond acceptors (Lipinski definition) is 7. The van der Waals surface area contributed by atoms with Crippen LogP contribution in [0.5, 0.6) is 0 Å². The second-order valence-electron chi connectivity index (χ2n) is 9.21. The molecule has 3 aromatic heterocycles. The monoisotopic (exact) mass is 451 g/mol. The average Bonchev–Trinajstić information content (AvgIpc) is 3.12. The molecule has 10 heteroatoms. The van der Waals surface area contributed by atoms with Crippen molar-refractivity contribution in [3.05, 3.63) is 42.4 Å². The molecule has 174 valence electrons. The zero-order chi connectivity index (χ0) is 23.6. The molecular weight excluding hydrogens is 422 g/mol. The molecule has 3 aromatic rings. The molecule has 1 saturated heterocycles. The fraction of sp³-hybridized carbons (Fsp3) is 0.435. The van der Waals surface area contributed by atoms with Gasteiger partial charge in [-0.15, -0.1) is 5.10 Å². The Morgan fingerprint density at radius 1 is 1.21 bits per heavy atom. The first-order valence-corrected chi connectivity index (χ1v) is 11.0. The van der Waals surface area contributed by atoms with Crippen molar-refractivity contribution in [1.82, 2.24) is 29.8 Å². The van der Waals surface area contributed by atoms with Crippen molar-refractivity contribution < 1.29 is 14.3 Å². The molecular formula is C23H29N7O3. The number of nitrogen functional groups attached to an aromatic ring is 1. The van der Waals surface area contributed by atoms with E-state index in [2.05, 4.69) is 20.4 Å². The summed E-state index contributed by atoms with van der Waals surface area (Å²) >= 11 is 0. The fourth-order valence-electron chi connectivity index (χ4n) is 3.81. The summed E-state index contributed by atoms with van der Waals surface area (Å²) in [6, 6.07) is 5.53. The predicted molar refractivity (Wildman–Crippen MR) is 123 cm³/mol. The number of fused-ring (bicyclic) bond motifs is 1.